The molecule has 128 valence electrons. The summed E-state index contributed by atoms with van der Waals surface area (Å²) < 4.78 is 38.6. The maximum Gasteiger partial charge on any atom is 0.387 e. The van der Waals surface area contributed by atoms with Crippen LogP contribution < -0.4 is 14.8 Å². The van der Waals surface area contributed by atoms with Crippen LogP contribution in [0.2, 0.25) is 0 Å². The van der Waals surface area contributed by atoms with E-state index in [2.05, 4.69) is 10.1 Å². The number of methoxy groups -OCH3 is 2. The molecule has 0 radical (unpaired) electrons. The van der Waals surface area contributed by atoms with Crippen LogP contribution in [-0.2, 0) is 9.53 Å². The molecule has 1 aromatic rings. The summed E-state index contributed by atoms with van der Waals surface area (Å²) in [7, 11) is 2.66. The van der Waals surface area contributed by atoms with Crippen LogP contribution in [0.25, 0.3) is 0 Å². The first-order valence-corrected chi connectivity index (χ1v) is 6.54. The number of hydrogen-bond acceptors (Lipinski definition) is 5. The van der Waals surface area contributed by atoms with Crippen LogP contribution in [0.15, 0.2) is 18.2 Å². The predicted octanol–water partition coefficient (Wildman–Crippen LogP) is 1.52. The molecule has 23 heavy (non-hydrogen) atoms. The van der Waals surface area contributed by atoms with Gasteiger partial charge in [-0.15, -0.1) is 0 Å². The lowest BCUT2D eigenvalue weighted by Crippen LogP contribution is -2.41. The highest BCUT2D eigenvalue weighted by molar-refractivity contribution is 5.97. The molecule has 1 unspecified atom stereocenters. The quantitative estimate of drug-likeness (QED) is 0.711. The van der Waals surface area contributed by atoms with E-state index in [1.165, 1.54) is 26.4 Å². The van der Waals surface area contributed by atoms with Gasteiger partial charge in [0.1, 0.15) is 6.04 Å². The van der Waals surface area contributed by atoms with E-state index in [4.69, 9.17) is 14.6 Å². The summed E-state index contributed by atoms with van der Waals surface area (Å²) >= 11 is 0. The Balaban J connectivity index is 2.91. The van der Waals surface area contributed by atoms with Gasteiger partial charge in [0, 0.05) is 25.7 Å². The minimum atomic E-state index is -3.09. The largest absolute Gasteiger partial charge is 0.493 e. The van der Waals surface area contributed by atoms with Crippen molar-refractivity contribution in [2.45, 2.75) is 19.1 Å². The number of rotatable bonds is 9. The van der Waals surface area contributed by atoms with E-state index in [0.29, 0.717) is 0 Å². The molecule has 0 aliphatic carbocycles. The third kappa shape index (κ3) is 5.70. The number of alkyl halides is 2. The SMILES string of the molecule is COCCC(NC(=O)c1ccc(OC)c(OC(F)F)c1)C(=O)O. The van der Waals surface area contributed by atoms with Gasteiger partial charge < -0.3 is 24.6 Å². The van der Waals surface area contributed by atoms with E-state index in [1.807, 2.05) is 0 Å². The Hall–Kier alpha value is -2.42. The predicted molar refractivity (Wildman–Crippen MR) is 75.0 cm³/mol. The molecule has 0 fully saturated rings. The van der Waals surface area contributed by atoms with Crippen molar-refractivity contribution < 1.29 is 37.7 Å². The van der Waals surface area contributed by atoms with Gasteiger partial charge >= 0.3 is 12.6 Å². The third-order valence-corrected chi connectivity index (χ3v) is 2.86. The molecule has 1 atom stereocenters. The molecule has 0 heterocycles. The van der Waals surface area contributed by atoms with Crippen LogP contribution in [0.3, 0.4) is 0 Å². The molecule has 0 aliphatic heterocycles. The van der Waals surface area contributed by atoms with Crippen molar-refractivity contribution in [1.29, 1.82) is 0 Å². The topological polar surface area (TPSA) is 94.1 Å². The van der Waals surface area contributed by atoms with Gasteiger partial charge in [0.05, 0.1) is 7.11 Å². The second kappa shape index (κ2) is 8.89. The average Bonchev–Trinajstić information content (AvgIpc) is 2.50. The fraction of sp³-hybridized carbons (Fsp3) is 0.429. The zero-order chi connectivity index (χ0) is 17.4. The Bertz CT molecular complexity index is 552. The average molecular weight is 333 g/mol. The first-order chi connectivity index (χ1) is 10.9. The molecule has 0 aliphatic rings. The van der Waals surface area contributed by atoms with Crippen molar-refractivity contribution in [3.8, 4) is 11.5 Å². The highest BCUT2D eigenvalue weighted by Crippen LogP contribution is 2.29. The third-order valence-electron chi connectivity index (χ3n) is 2.86. The van der Waals surface area contributed by atoms with Crippen LogP contribution in [0.4, 0.5) is 8.78 Å². The van der Waals surface area contributed by atoms with E-state index < -0.39 is 24.5 Å². The molecule has 0 spiro atoms. The molecule has 9 heteroatoms. The number of benzene rings is 1. The first-order valence-electron chi connectivity index (χ1n) is 6.54. The van der Waals surface area contributed by atoms with Gasteiger partial charge in [-0.2, -0.15) is 8.78 Å². The van der Waals surface area contributed by atoms with E-state index in [9.17, 15) is 18.4 Å². The number of carbonyl (C=O) groups excluding carboxylic acids is 1. The van der Waals surface area contributed by atoms with Crippen LogP contribution in [0.1, 0.15) is 16.8 Å². The zero-order valence-electron chi connectivity index (χ0n) is 12.5. The van der Waals surface area contributed by atoms with E-state index in [1.54, 1.807) is 0 Å². The summed E-state index contributed by atoms with van der Waals surface area (Å²) in [6.07, 6.45) is 0.0636. The normalized spacial score (nSPS) is 11.9. The van der Waals surface area contributed by atoms with Crippen molar-refractivity contribution >= 4 is 11.9 Å². The molecule has 1 aromatic carbocycles. The second-order valence-corrected chi connectivity index (χ2v) is 4.39. The van der Waals surface area contributed by atoms with Gasteiger partial charge in [-0.1, -0.05) is 0 Å². The number of nitrogens with one attached hydrogen (secondary N) is 1. The van der Waals surface area contributed by atoms with Gasteiger partial charge in [-0.25, -0.2) is 4.79 Å². The van der Waals surface area contributed by atoms with Crippen molar-refractivity contribution in [2.75, 3.05) is 20.8 Å². The summed E-state index contributed by atoms with van der Waals surface area (Å²) in [5, 5.41) is 11.3. The fourth-order valence-corrected chi connectivity index (χ4v) is 1.74. The lowest BCUT2D eigenvalue weighted by atomic mass is 10.1. The molecular weight excluding hydrogens is 316 g/mol. The van der Waals surface area contributed by atoms with E-state index in [0.717, 1.165) is 6.07 Å². The highest BCUT2D eigenvalue weighted by Gasteiger charge is 2.21. The number of carboxylic acids is 1. The summed E-state index contributed by atoms with van der Waals surface area (Å²) in [6.45, 7) is -2.95. The van der Waals surface area contributed by atoms with Crippen molar-refractivity contribution in [3.63, 3.8) is 0 Å². The maximum absolute atomic E-state index is 12.4. The molecule has 0 aromatic heterocycles. The molecule has 1 amide bonds. The number of hydrogen-bond donors (Lipinski definition) is 2. The molecule has 0 bridgehead atoms. The molecule has 0 saturated heterocycles. The highest BCUT2D eigenvalue weighted by atomic mass is 19.3. The minimum absolute atomic E-state index is 0.0241. The molecule has 2 N–H and O–H groups in total. The Labute approximate surface area is 131 Å². The summed E-state index contributed by atoms with van der Waals surface area (Å²) in [5.41, 5.74) is -0.0369. The van der Waals surface area contributed by atoms with Gasteiger partial charge in [0.25, 0.3) is 5.91 Å². The van der Waals surface area contributed by atoms with Gasteiger partial charge in [-0.05, 0) is 18.2 Å². The van der Waals surface area contributed by atoms with Crippen molar-refractivity contribution in [2.24, 2.45) is 0 Å². The van der Waals surface area contributed by atoms with Gasteiger partial charge in [0.2, 0.25) is 0 Å². The monoisotopic (exact) mass is 333 g/mol. The van der Waals surface area contributed by atoms with Crippen LogP contribution in [0, 0.1) is 0 Å². The smallest absolute Gasteiger partial charge is 0.387 e. The van der Waals surface area contributed by atoms with Crippen molar-refractivity contribution in [3.05, 3.63) is 23.8 Å². The number of halogens is 2. The standard InChI is InChI=1S/C14H17F2NO6/c1-21-6-5-9(13(19)20)17-12(18)8-3-4-10(22-2)11(7-8)23-14(15)16/h3-4,7,9,14H,5-6H2,1-2H3,(H,17,18)(H,19,20). The van der Waals surface area contributed by atoms with E-state index in [-0.39, 0.29) is 30.1 Å². The van der Waals surface area contributed by atoms with Gasteiger partial charge in [-0.3, -0.25) is 4.79 Å². The first kappa shape index (κ1) is 18.6. The second-order valence-electron chi connectivity index (χ2n) is 4.39. The van der Waals surface area contributed by atoms with Crippen LogP contribution in [-0.4, -0.2) is 50.5 Å². The Kier molecular flexibility index (Phi) is 7.20. The summed E-state index contributed by atoms with van der Waals surface area (Å²) in [4.78, 5) is 23.1. The Morgan fingerprint density at radius 1 is 1.26 bits per heavy atom. The molecule has 1 rings (SSSR count). The fourth-order valence-electron chi connectivity index (χ4n) is 1.74. The Morgan fingerprint density at radius 2 is 1.96 bits per heavy atom. The summed E-state index contributed by atoms with van der Waals surface area (Å²) in [5.74, 6) is -2.27. The molecular formula is C14H17F2NO6. The number of carboxylic acid groups (broad SMARTS) is 1. The summed E-state index contributed by atoms with van der Waals surface area (Å²) in [6, 6.07) is 2.47. The zero-order valence-corrected chi connectivity index (χ0v) is 12.5. The van der Waals surface area contributed by atoms with Crippen molar-refractivity contribution in [1.82, 2.24) is 5.32 Å². The molecule has 7 nitrogen and oxygen atoms in total. The minimum Gasteiger partial charge on any atom is -0.493 e. The van der Waals surface area contributed by atoms with Crippen LogP contribution >= 0.6 is 0 Å². The lowest BCUT2D eigenvalue weighted by Gasteiger charge is -2.15. The number of aliphatic carboxylic acids is 1. The number of ether oxygens (including phenoxy) is 3. The number of amides is 1. The lowest BCUT2D eigenvalue weighted by molar-refractivity contribution is -0.139. The van der Waals surface area contributed by atoms with E-state index >= 15 is 0 Å². The maximum atomic E-state index is 12.4. The number of carbonyl (C=O) groups is 2. The molecule has 0 saturated carbocycles. The Morgan fingerprint density at radius 3 is 2.48 bits per heavy atom. The van der Waals surface area contributed by atoms with Crippen LogP contribution in [0.5, 0.6) is 11.5 Å². The van der Waals surface area contributed by atoms with Gasteiger partial charge in [0.15, 0.2) is 11.5 Å².